The van der Waals surface area contributed by atoms with E-state index in [1.807, 2.05) is 31.2 Å². The van der Waals surface area contributed by atoms with Crippen molar-refractivity contribution in [3.63, 3.8) is 0 Å². The Balaban J connectivity index is 1.81. The monoisotopic (exact) mass is 369 g/mol. The predicted molar refractivity (Wildman–Crippen MR) is 96.5 cm³/mol. The highest BCUT2D eigenvalue weighted by Crippen LogP contribution is 2.22. The first-order valence-electron chi connectivity index (χ1n) is 7.17. The summed E-state index contributed by atoms with van der Waals surface area (Å²) in [6, 6.07) is 14.1. The van der Waals surface area contributed by atoms with Gasteiger partial charge in [0.15, 0.2) is 5.82 Å². The van der Waals surface area contributed by atoms with Gasteiger partial charge in [-0.05, 0) is 49.2 Å². The average molecular weight is 370 g/mol. The SMILES string of the molecule is Cc1ccc(C)c(Nc2nncc(Nc3cccc(Br)c3)n2)c1. The molecule has 0 spiro atoms. The van der Waals surface area contributed by atoms with Gasteiger partial charge in [0.25, 0.3) is 0 Å². The van der Waals surface area contributed by atoms with Crippen molar-refractivity contribution in [2.24, 2.45) is 0 Å². The zero-order chi connectivity index (χ0) is 16.2. The molecule has 0 aliphatic rings. The van der Waals surface area contributed by atoms with E-state index in [2.05, 4.69) is 66.9 Å². The van der Waals surface area contributed by atoms with E-state index in [0.717, 1.165) is 21.4 Å². The molecule has 0 radical (unpaired) electrons. The third-order valence-electron chi connectivity index (χ3n) is 3.30. The largest absolute Gasteiger partial charge is 0.339 e. The summed E-state index contributed by atoms with van der Waals surface area (Å²) >= 11 is 3.45. The Kier molecular flexibility index (Phi) is 4.52. The van der Waals surface area contributed by atoms with E-state index >= 15 is 0 Å². The number of benzene rings is 2. The molecular weight excluding hydrogens is 354 g/mol. The second-order valence-corrected chi connectivity index (χ2v) is 6.16. The molecule has 1 heterocycles. The molecule has 0 amide bonds. The zero-order valence-corrected chi connectivity index (χ0v) is 14.4. The summed E-state index contributed by atoms with van der Waals surface area (Å²) in [7, 11) is 0. The van der Waals surface area contributed by atoms with E-state index in [4.69, 9.17) is 0 Å². The van der Waals surface area contributed by atoms with Gasteiger partial charge in [-0.25, -0.2) is 0 Å². The maximum atomic E-state index is 4.45. The van der Waals surface area contributed by atoms with Gasteiger partial charge in [-0.3, -0.25) is 0 Å². The smallest absolute Gasteiger partial charge is 0.249 e. The van der Waals surface area contributed by atoms with Crippen LogP contribution in [0.3, 0.4) is 0 Å². The van der Waals surface area contributed by atoms with Gasteiger partial charge in [-0.1, -0.05) is 34.1 Å². The quantitative estimate of drug-likeness (QED) is 0.695. The van der Waals surface area contributed by atoms with Crippen LogP contribution in [0.25, 0.3) is 0 Å². The van der Waals surface area contributed by atoms with Gasteiger partial charge in [0.1, 0.15) is 0 Å². The Hall–Kier alpha value is -2.47. The molecular formula is C17H16BrN5. The van der Waals surface area contributed by atoms with Crippen LogP contribution in [0.15, 0.2) is 53.1 Å². The van der Waals surface area contributed by atoms with Gasteiger partial charge in [0.2, 0.25) is 5.95 Å². The van der Waals surface area contributed by atoms with Crippen LogP contribution in [0.1, 0.15) is 11.1 Å². The lowest BCUT2D eigenvalue weighted by molar-refractivity contribution is 0.981. The van der Waals surface area contributed by atoms with Crippen molar-refractivity contribution in [1.82, 2.24) is 15.2 Å². The highest BCUT2D eigenvalue weighted by atomic mass is 79.9. The highest BCUT2D eigenvalue weighted by Gasteiger charge is 2.04. The standard InChI is InChI=1S/C17H16BrN5/c1-11-6-7-12(2)15(8-11)21-17-22-16(10-19-23-17)20-14-5-3-4-13(18)9-14/h3-10H,1-2H3,(H2,20,21,22,23). The van der Waals surface area contributed by atoms with Crippen LogP contribution in [-0.4, -0.2) is 15.2 Å². The Labute approximate surface area is 143 Å². The van der Waals surface area contributed by atoms with Gasteiger partial charge >= 0.3 is 0 Å². The number of halogens is 1. The van der Waals surface area contributed by atoms with Crippen molar-refractivity contribution in [3.8, 4) is 0 Å². The Morgan fingerprint density at radius 1 is 1.00 bits per heavy atom. The van der Waals surface area contributed by atoms with Crippen LogP contribution in [-0.2, 0) is 0 Å². The molecule has 0 saturated heterocycles. The maximum Gasteiger partial charge on any atom is 0.249 e. The topological polar surface area (TPSA) is 62.7 Å². The molecule has 1 aromatic heterocycles. The van der Waals surface area contributed by atoms with Gasteiger partial charge in [-0.2, -0.15) is 10.1 Å². The van der Waals surface area contributed by atoms with Crippen molar-refractivity contribution in [1.29, 1.82) is 0 Å². The number of rotatable bonds is 4. The van der Waals surface area contributed by atoms with Crippen molar-refractivity contribution in [2.45, 2.75) is 13.8 Å². The van der Waals surface area contributed by atoms with E-state index in [9.17, 15) is 0 Å². The maximum absolute atomic E-state index is 4.45. The molecule has 116 valence electrons. The first-order valence-corrected chi connectivity index (χ1v) is 7.96. The second-order valence-electron chi connectivity index (χ2n) is 5.24. The van der Waals surface area contributed by atoms with Gasteiger partial charge in [0.05, 0.1) is 6.20 Å². The first-order chi connectivity index (χ1) is 11.1. The predicted octanol–water partition coefficient (Wildman–Crippen LogP) is 4.74. The number of nitrogens with zero attached hydrogens (tertiary/aromatic N) is 3. The minimum atomic E-state index is 0.457. The lowest BCUT2D eigenvalue weighted by atomic mass is 10.1. The van der Waals surface area contributed by atoms with Gasteiger partial charge in [-0.15, -0.1) is 5.10 Å². The highest BCUT2D eigenvalue weighted by molar-refractivity contribution is 9.10. The summed E-state index contributed by atoms with van der Waals surface area (Å²) in [5, 5.41) is 14.5. The van der Waals surface area contributed by atoms with Crippen LogP contribution >= 0.6 is 15.9 Å². The summed E-state index contributed by atoms with van der Waals surface area (Å²) in [5.41, 5.74) is 4.21. The average Bonchev–Trinajstić information content (AvgIpc) is 2.51. The second kappa shape index (κ2) is 6.75. The number of aromatic nitrogens is 3. The minimum absolute atomic E-state index is 0.457. The fourth-order valence-corrected chi connectivity index (χ4v) is 2.52. The zero-order valence-electron chi connectivity index (χ0n) is 12.8. The van der Waals surface area contributed by atoms with E-state index in [1.165, 1.54) is 5.56 Å². The Morgan fingerprint density at radius 3 is 2.70 bits per heavy atom. The molecule has 2 N–H and O–H groups in total. The van der Waals surface area contributed by atoms with E-state index < -0.39 is 0 Å². The van der Waals surface area contributed by atoms with Crippen molar-refractivity contribution in [2.75, 3.05) is 10.6 Å². The summed E-state index contributed by atoms with van der Waals surface area (Å²) in [6.45, 7) is 4.09. The van der Waals surface area contributed by atoms with Crippen LogP contribution < -0.4 is 10.6 Å². The fraction of sp³-hybridized carbons (Fsp3) is 0.118. The molecule has 23 heavy (non-hydrogen) atoms. The molecule has 2 aromatic carbocycles. The van der Waals surface area contributed by atoms with Crippen LogP contribution in [0.4, 0.5) is 23.1 Å². The number of hydrogen-bond donors (Lipinski definition) is 2. The molecule has 0 unspecified atom stereocenters. The van der Waals surface area contributed by atoms with Crippen molar-refractivity contribution >= 4 is 39.1 Å². The lowest BCUT2D eigenvalue weighted by Gasteiger charge is -2.10. The summed E-state index contributed by atoms with van der Waals surface area (Å²) in [5.74, 6) is 1.09. The number of nitrogens with one attached hydrogen (secondary N) is 2. The van der Waals surface area contributed by atoms with Crippen LogP contribution in [0.5, 0.6) is 0 Å². The summed E-state index contributed by atoms with van der Waals surface area (Å²) in [4.78, 5) is 4.45. The molecule has 0 aliphatic carbocycles. The number of aryl methyl sites for hydroxylation is 2. The molecule has 0 saturated carbocycles. The molecule has 0 bridgehead atoms. The summed E-state index contributed by atoms with van der Waals surface area (Å²) in [6.07, 6.45) is 1.59. The lowest BCUT2D eigenvalue weighted by Crippen LogP contribution is -2.03. The van der Waals surface area contributed by atoms with Crippen molar-refractivity contribution < 1.29 is 0 Å². The van der Waals surface area contributed by atoms with Crippen molar-refractivity contribution in [3.05, 3.63) is 64.3 Å². The number of hydrogen-bond acceptors (Lipinski definition) is 5. The van der Waals surface area contributed by atoms with E-state index in [-0.39, 0.29) is 0 Å². The molecule has 3 rings (SSSR count). The van der Waals surface area contributed by atoms with E-state index in [0.29, 0.717) is 11.8 Å². The molecule has 3 aromatic rings. The Bertz CT molecular complexity index is 835. The molecule has 0 fully saturated rings. The normalized spacial score (nSPS) is 10.4. The Morgan fingerprint density at radius 2 is 1.87 bits per heavy atom. The van der Waals surface area contributed by atoms with E-state index in [1.54, 1.807) is 6.20 Å². The third-order valence-corrected chi connectivity index (χ3v) is 3.79. The fourth-order valence-electron chi connectivity index (χ4n) is 2.12. The third kappa shape index (κ3) is 4.04. The number of anilines is 4. The van der Waals surface area contributed by atoms with Crippen LogP contribution in [0.2, 0.25) is 0 Å². The summed E-state index contributed by atoms with van der Waals surface area (Å²) < 4.78 is 0.998. The first kappa shape index (κ1) is 15.4. The molecule has 0 atom stereocenters. The van der Waals surface area contributed by atoms with Crippen LogP contribution in [0, 0.1) is 13.8 Å². The molecule has 6 heteroatoms. The van der Waals surface area contributed by atoms with Gasteiger partial charge < -0.3 is 10.6 Å². The molecule has 5 nitrogen and oxygen atoms in total. The van der Waals surface area contributed by atoms with Gasteiger partial charge in [0, 0.05) is 15.8 Å². The minimum Gasteiger partial charge on any atom is -0.339 e. The molecule has 0 aliphatic heterocycles.